The number of piperidine rings is 1. The molecule has 1 aromatic carbocycles. The van der Waals surface area contributed by atoms with Crippen LogP contribution in [0, 0.1) is 13.8 Å². The summed E-state index contributed by atoms with van der Waals surface area (Å²) in [7, 11) is 0. The number of nitrogens with zero attached hydrogens (tertiary/aromatic N) is 4. The van der Waals surface area contributed by atoms with Crippen LogP contribution in [-0.2, 0) is 0 Å². The molecule has 0 aliphatic carbocycles. The first-order valence-electron chi connectivity index (χ1n) is 8.37. The zero-order valence-corrected chi connectivity index (χ0v) is 16.1. The van der Waals surface area contributed by atoms with E-state index in [-0.39, 0.29) is 18.3 Å². The summed E-state index contributed by atoms with van der Waals surface area (Å²) in [4.78, 5) is 8.52. The predicted molar refractivity (Wildman–Crippen MR) is 104 cm³/mol. The van der Waals surface area contributed by atoms with Crippen molar-refractivity contribution in [3.63, 3.8) is 0 Å². The zero-order chi connectivity index (χ0) is 17.6. The number of hydrogen-bond donors (Lipinski definition) is 1. The number of halogens is 3. The SMILES string of the molecule is Cc1nc(Cl)cc(-n2ncc3cc(C)c([C@H]4CCNC[C@H]4F)cc32)n1.Cl. The van der Waals surface area contributed by atoms with Gasteiger partial charge in [0.05, 0.1) is 11.7 Å². The van der Waals surface area contributed by atoms with Crippen molar-refractivity contribution < 1.29 is 4.39 Å². The van der Waals surface area contributed by atoms with Crippen LogP contribution in [-0.4, -0.2) is 39.0 Å². The van der Waals surface area contributed by atoms with Crippen LogP contribution < -0.4 is 5.32 Å². The molecule has 8 heteroatoms. The van der Waals surface area contributed by atoms with E-state index >= 15 is 0 Å². The predicted octanol–water partition coefficient (Wildman–Crippen LogP) is 3.92. The van der Waals surface area contributed by atoms with Gasteiger partial charge in [-0.25, -0.2) is 19.0 Å². The fourth-order valence-corrected chi connectivity index (χ4v) is 3.80. The standard InChI is InChI=1S/C18H19ClFN5.ClH/c1-10-5-12-8-22-25(18-7-17(19)23-11(2)24-18)16(12)6-14(10)13-3-4-21-9-15(13)20;/h5-8,13,15,21H,3-4,9H2,1-2H3;1H/t13-,15-;/m1./s1. The first-order chi connectivity index (χ1) is 12.0. The Balaban J connectivity index is 0.00000196. The van der Waals surface area contributed by atoms with Crippen molar-refractivity contribution in [3.05, 3.63) is 46.5 Å². The van der Waals surface area contributed by atoms with Gasteiger partial charge in [-0.3, -0.25) is 0 Å². The zero-order valence-electron chi connectivity index (χ0n) is 14.5. The summed E-state index contributed by atoms with van der Waals surface area (Å²) < 4.78 is 16.2. The van der Waals surface area contributed by atoms with E-state index in [4.69, 9.17) is 11.6 Å². The van der Waals surface area contributed by atoms with Crippen molar-refractivity contribution in [3.8, 4) is 5.82 Å². The number of benzene rings is 1. The highest BCUT2D eigenvalue weighted by molar-refractivity contribution is 6.29. The van der Waals surface area contributed by atoms with Gasteiger partial charge >= 0.3 is 0 Å². The van der Waals surface area contributed by atoms with Gasteiger partial charge in [0, 0.05) is 23.9 Å². The third-order valence-electron chi connectivity index (χ3n) is 4.77. The van der Waals surface area contributed by atoms with Crippen molar-refractivity contribution in [1.29, 1.82) is 0 Å². The first kappa shape index (κ1) is 19.0. The van der Waals surface area contributed by atoms with Gasteiger partial charge in [-0.2, -0.15) is 5.10 Å². The monoisotopic (exact) mass is 395 g/mol. The van der Waals surface area contributed by atoms with E-state index in [0.717, 1.165) is 35.0 Å². The Bertz CT molecular complexity index is 922. The van der Waals surface area contributed by atoms with Gasteiger partial charge in [-0.15, -0.1) is 12.4 Å². The molecule has 0 saturated carbocycles. The van der Waals surface area contributed by atoms with Crippen molar-refractivity contribution in [1.82, 2.24) is 25.1 Å². The van der Waals surface area contributed by atoms with E-state index in [9.17, 15) is 4.39 Å². The fraction of sp³-hybridized carbons (Fsp3) is 0.389. The molecule has 2 atom stereocenters. The van der Waals surface area contributed by atoms with Gasteiger partial charge in [-0.05, 0) is 50.1 Å². The molecule has 3 aromatic rings. The quantitative estimate of drug-likeness (QED) is 0.668. The molecule has 4 rings (SSSR count). The molecule has 1 saturated heterocycles. The highest BCUT2D eigenvalue weighted by Crippen LogP contribution is 2.33. The minimum Gasteiger partial charge on any atom is -0.314 e. The molecular formula is C18H20Cl2FN5. The summed E-state index contributed by atoms with van der Waals surface area (Å²) in [5.41, 5.74) is 3.04. The maximum atomic E-state index is 14.4. The molecule has 0 bridgehead atoms. The van der Waals surface area contributed by atoms with Gasteiger partial charge < -0.3 is 5.32 Å². The summed E-state index contributed by atoms with van der Waals surface area (Å²) in [6.45, 7) is 5.07. The number of aryl methyl sites for hydroxylation is 2. The van der Waals surface area contributed by atoms with E-state index in [1.165, 1.54) is 0 Å². The fourth-order valence-electron chi connectivity index (χ4n) is 3.58. The first-order valence-corrected chi connectivity index (χ1v) is 8.75. The van der Waals surface area contributed by atoms with Gasteiger partial charge in [0.25, 0.3) is 0 Å². The van der Waals surface area contributed by atoms with E-state index in [0.29, 0.717) is 23.3 Å². The molecule has 5 nitrogen and oxygen atoms in total. The molecule has 0 unspecified atom stereocenters. The lowest BCUT2D eigenvalue weighted by atomic mass is 9.85. The number of hydrogen-bond acceptors (Lipinski definition) is 4. The molecule has 0 spiro atoms. The Kier molecular flexibility index (Phi) is 5.46. The van der Waals surface area contributed by atoms with Gasteiger partial charge in [0.15, 0.2) is 5.82 Å². The van der Waals surface area contributed by atoms with E-state index in [1.807, 2.05) is 13.0 Å². The van der Waals surface area contributed by atoms with E-state index < -0.39 is 6.17 Å². The number of nitrogens with one attached hydrogen (secondary N) is 1. The Hall–Kier alpha value is -1.76. The molecule has 0 amide bonds. The van der Waals surface area contributed by atoms with Crippen LogP contribution in [0.2, 0.25) is 5.15 Å². The maximum Gasteiger partial charge on any atom is 0.159 e. The highest BCUT2D eigenvalue weighted by Gasteiger charge is 2.28. The van der Waals surface area contributed by atoms with Crippen LogP contribution in [0.4, 0.5) is 4.39 Å². The summed E-state index contributed by atoms with van der Waals surface area (Å²) in [6.07, 6.45) is 1.71. The number of aromatic nitrogens is 4. The molecule has 2 aromatic heterocycles. The number of fused-ring (bicyclic) bond motifs is 1. The second-order valence-corrected chi connectivity index (χ2v) is 6.92. The lowest BCUT2D eigenvalue weighted by molar-refractivity contribution is 0.231. The van der Waals surface area contributed by atoms with Crippen molar-refractivity contribution >= 4 is 34.9 Å². The van der Waals surface area contributed by atoms with E-state index in [2.05, 4.69) is 26.4 Å². The molecule has 1 aliphatic rings. The third-order valence-corrected chi connectivity index (χ3v) is 4.97. The summed E-state index contributed by atoms with van der Waals surface area (Å²) >= 11 is 6.07. The third kappa shape index (κ3) is 3.41. The van der Waals surface area contributed by atoms with E-state index in [1.54, 1.807) is 23.9 Å². The van der Waals surface area contributed by atoms with Crippen LogP contribution in [0.25, 0.3) is 16.7 Å². The Morgan fingerprint density at radius 1 is 1.23 bits per heavy atom. The Morgan fingerprint density at radius 2 is 2.04 bits per heavy atom. The van der Waals surface area contributed by atoms with Crippen LogP contribution in [0.5, 0.6) is 0 Å². The minimum atomic E-state index is -0.878. The molecule has 138 valence electrons. The van der Waals surface area contributed by atoms with Gasteiger partial charge in [0.2, 0.25) is 0 Å². The number of alkyl halides is 1. The van der Waals surface area contributed by atoms with Crippen molar-refractivity contribution in [2.24, 2.45) is 0 Å². The molecule has 1 fully saturated rings. The van der Waals surface area contributed by atoms with Crippen LogP contribution in [0.3, 0.4) is 0 Å². The average Bonchev–Trinajstić information content (AvgIpc) is 2.96. The van der Waals surface area contributed by atoms with Crippen molar-refractivity contribution in [2.45, 2.75) is 32.4 Å². The lowest BCUT2D eigenvalue weighted by Crippen LogP contribution is -2.36. The second kappa shape index (κ2) is 7.47. The maximum absolute atomic E-state index is 14.4. The Labute approximate surface area is 162 Å². The molecule has 0 radical (unpaired) electrons. The summed E-state index contributed by atoms with van der Waals surface area (Å²) in [5.74, 6) is 1.11. The molecule has 3 heterocycles. The molecule has 1 N–H and O–H groups in total. The van der Waals surface area contributed by atoms with Gasteiger partial charge in [0.1, 0.15) is 17.1 Å². The summed E-state index contributed by atoms with van der Waals surface area (Å²) in [6, 6.07) is 5.80. The number of rotatable bonds is 2. The largest absolute Gasteiger partial charge is 0.314 e. The molecule has 26 heavy (non-hydrogen) atoms. The van der Waals surface area contributed by atoms with Gasteiger partial charge in [-0.1, -0.05) is 11.6 Å². The topological polar surface area (TPSA) is 55.6 Å². The van der Waals surface area contributed by atoms with Crippen LogP contribution in [0.1, 0.15) is 29.3 Å². The highest BCUT2D eigenvalue weighted by atomic mass is 35.5. The molecule has 1 aliphatic heterocycles. The average molecular weight is 396 g/mol. The molecular weight excluding hydrogens is 376 g/mol. The minimum absolute atomic E-state index is 0. The van der Waals surface area contributed by atoms with Crippen LogP contribution in [0.15, 0.2) is 24.4 Å². The normalized spacial score (nSPS) is 20.2. The smallest absolute Gasteiger partial charge is 0.159 e. The lowest BCUT2D eigenvalue weighted by Gasteiger charge is -2.28. The van der Waals surface area contributed by atoms with Crippen molar-refractivity contribution in [2.75, 3.05) is 13.1 Å². The Morgan fingerprint density at radius 3 is 2.77 bits per heavy atom. The second-order valence-electron chi connectivity index (χ2n) is 6.54. The van der Waals surface area contributed by atoms with Crippen LogP contribution >= 0.6 is 24.0 Å². The summed E-state index contributed by atoms with van der Waals surface area (Å²) in [5, 5.41) is 8.94.